The van der Waals surface area contributed by atoms with E-state index in [1.165, 1.54) is 5.56 Å². The predicted molar refractivity (Wildman–Crippen MR) is 108 cm³/mol. The van der Waals surface area contributed by atoms with E-state index < -0.39 is 16.4 Å². The molecule has 1 aromatic carbocycles. The number of rotatable bonds is 3. The van der Waals surface area contributed by atoms with E-state index in [9.17, 15) is 4.79 Å². The van der Waals surface area contributed by atoms with Crippen molar-refractivity contribution in [2.24, 2.45) is 0 Å². The van der Waals surface area contributed by atoms with Gasteiger partial charge in [0.2, 0.25) is 0 Å². The molecule has 0 saturated heterocycles. The van der Waals surface area contributed by atoms with Crippen LogP contribution in [-0.2, 0) is 9.22 Å². The van der Waals surface area contributed by atoms with E-state index in [1.807, 2.05) is 6.07 Å². The van der Waals surface area contributed by atoms with E-state index in [-0.39, 0.29) is 16.9 Å². The molecule has 1 aromatic rings. The molecule has 1 aliphatic carbocycles. The van der Waals surface area contributed by atoms with Crippen LogP contribution in [0, 0.1) is 0 Å². The van der Waals surface area contributed by atoms with Gasteiger partial charge in [0, 0.05) is 12.0 Å². The van der Waals surface area contributed by atoms with E-state index in [2.05, 4.69) is 77.4 Å². The molecular weight excluding hydrogens is 328 g/mol. The van der Waals surface area contributed by atoms with Crippen LogP contribution in [0.4, 0.5) is 0 Å². The lowest BCUT2D eigenvalue weighted by atomic mass is 9.85. The summed E-state index contributed by atoms with van der Waals surface area (Å²) in [7, 11) is -3.39. The number of carbonyl (C=O) groups is 1. The van der Waals surface area contributed by atoms with Crippen molar-refractivity contribution in [2.75, 3.05) is 0 Å². The zero-order chi connectivity index (χ0) is 18.3. The Bertz CT molecular complexity index is 661. The van der Waals surface area contributed by atoms with Crippen molar-refractivity contribution in [3.05, 3.63) is 41.1 Å². The van der Waals surface area contributed by atoms with E-state index in [4.69, 9.17) is 4.43 Å². The average molecular weight is 361 g/mol. The van der Waals surface area contributed by atoms with Crippen molar-refractivity contribution in [3.63, 3.8) is 0 Å². The first-order chi connectivity index (χ1) is 10.8. The molecule has 2 nitrogen and oxygen atoms in total. The Balaban J connectivity index is 2.47. The molecule has 4 heteroatoms. The summed E-state index contributed by atoms with van der Waals surface area (Å²) in [6.07, 6.45) is 0.369. The van der Waals surface area contributed by atoms with Gasteiger partial charge in [0.1, 0.15) is 0 Å². The van der Waals surface area contributed by atoms with E-state index in [0.29, 0.717) is 6.42 Å². The Hall–Kier alpha value is -0.976. The van der Waals surface area contributed by atoms with Crippen molar-refractivity contribution in [3.8, 4) is 0 Å². The predicted octanol–water partition coefficient (Wildman–Crippen LogP) is 5.98. The van der Waals surface area contributed by atoms with Crippen LogP contribution < -0.4 is 0 Å². The fraction of sp³-hybridized carbons (Fsp3) is 0.550. The second-order valence-corrected chi connectivity index (χ2v) is 19.3. The Labute approximate surface area is 149 Å². The third kappa shape index (κ3) is 4.16. The van der Waals surface area contributed by atoms with E-state index in [0.717, 1.165) is 11.1 Å². The normalized spacial score (nSPS) is 21.1. The zero-order valence-electron chi connectivity index (χ0n) is 16.5. The largest absolute Gasteiger partial charge is 0.409 e. The third-order valence-electron chi connectivity index (χ3n) is 5.09. The lowest BCUT2D eigenvalue weighted by Crippen LogP contribution is -2.43. The smallest absolute Gasteiger partial charge is 0.192 e. The minimum atomic E-state index is -1.92. The first kappa shape index (κ1) is 19.3. The zero-order valence-corrected chi connectivity index (χ0v) is 18.5. The van der Waals surface area contributed by atoms with Gasteiger partial charge in [-0.15, -0.1) is 0 Å². The summed E-state index contributed by atoms with van der Waals surface area (Å²) < 4.78 is 6.62. The topological polar surface area (TPSA) is 26.3 Å². The summed E-state index contributed by atoms with van der Waals surface area (Å²) in [6.45, 7) is 18.1. The lowest BCUT2D eigenvalue weighted by molar-refractivity contribution is -0.115. The molecule has 0 spiro atoms. The molecule has 1 atom stereocenters. The quantitative estimate of drug-likeness (QED) is 0.489. The van der Waals surface area contributed by atoms with Gasteiger partial charge in [-0.05, 0) is 29.3 Å². The molecule has 0 amide bonds. The Morgan fingerprint density at radius 2 is 1.67 bits per heavy atom. The van der Waals surface area contributed by atoms with Crippen LogP contribution in [0.5, 0.6) is 0 Å². The number of benzene rings is 1. The standard InChI is InChI=1S/C20H32O2Si2/c1-20(2,3)24(7,8)22-19-13-18(21)17(14-23(4,5)6)15-11-9-10-12-16(15)19/h9-12,14,19H,13H2,1-8H3/b17-14+. The molecule has 2 rings (SSSR count). The summed E-state index contributed by atoms with van der Waals surface area (Å²) >= 11 is 0. The van der Waals surface area contributed by atoms with Crippen LogP contribution >= 0.6 is 0 Å². The molecule has 24 heavy (non-hydrogen) atoms. The third-order valence-corrected chi connectivity index (χ3v) is 10.7. The number of Topliss-reactive ketones (excluding diaryl/α,β-unsaturated/α-hetero) is 1. The lowest BCUT2D eigenvalue weighted by Gasteiger charge is -2.41. The van der Waals surface area contributed by atoms with E-state index in [1.54, 1.807) is 0 Å². The van der Waals surface area contributed by atoms with Crippen LogP contribution in [0.15, 0.2) is 30.0 Å². The van der Waals surface area contributed by atoms with Crippen LogP contribution in [0.3, 0.4) is 0 Å². The van der Waals surface area contributed by atoms with Gasteiger partial charge in [0.15, 0.2) is 14.1 Å². The molecule has 0 radical (unpaired) electrons. The van der Waals surface area contributed by atoms with Crippen LogP contribution in [0.2, 0.25) is 37.8 Å². The van der Waals surface area contributed by atoms with E-state index >= 15 is 0 Å². The second-order valence-electron chi connectivity index (χ2n) is 9.51. The second kappa shape index (κ2) is 6.39. The minimum absolute atomic E-state index is 0.103. The average Bonchev–Trinajstić information content (AvgIpc) is 2.40. The van der Waals surface area contributed by atoms with Gasteiger partial charge in [0.25, 0.3) is 0 Å². The summed E-state index contributed by atoms with van der Waals surface area (Å²) in [6, 6.07) is 8.31. The molecule has 1 unspecified atom stereocenters. The number of carbonyl (C=O) groups excluding carboxylic acids is 1. The minimum Gasteiger partial charge on any atom is -0.409 e. The summed E-state index contributed by atoms with van der Waals surface area (Å²) in [4.78, 5) is 12.9. The molecule has 0 aliphatic heterocycles. The van der Waals surface area contributed by atoms with Crippen LogP contribution in [0.25, 0.3) is 5.57 Å². The summed E-state index contributed by atoms with van der Waals surface area (Å²) in [5.74, 6) is 0.236. The number of fused-ring (bicyclic) bond motifs is 1. The highest BCUT2D eigenvalue weighted by molar-refractivity contribution is 6.82. The molecule has 0 N–H and O–H groups in total. The highest BCUT2D eigenvalue weighted by Gasteiger charge is 2.41. The maximum Gasteiger partial charge on any atom is 0.192 e. The highest BCUT2D eigenvalue weighted by atomic mass is 28.4. The Kier molecular flexibility index (Phi) is 5.15. The molecule has 0 bridgehead atoms. The fourth-order valence-electron chi connectivity index (χ4n) is 2.79. The van der Waals surface area contributed by atoms with Crippen LogP contribution in [0.1, 0.15) is 44.4 Å². The molecule has 132 valence electrons. The summed E-state index contributed by atoms with van der Waals surface area (Å²) in [5, 5.41) is 0.138. The van der Waals surface area contributed by atoms with Crippen molar-refractivity contribution >= 4 is 27.7 Å². The molecule has 1 aliphatic rings. The number of ketones is 1. The molecular formula is C20H32O2Si2. The van der Waals surface area contributed by atoms with Gasteiger partial charge in [0.05, 0.1) is 14.2 Å². The van der Waals surface area contributed by atoms with Gasteiger partial charge in [-0.1, -0.05) is 70.4 Å². The Morgan fingerprint density at radius 1 is 1.08 bits per heavy atom. The summed E-state index contributed by atoms with van der Waals surface area (Å²) in [5.41, 5.74) is 5.43. The van der Waals surface area contributed by atoms with Crippen molar-refractivity contribution < 1.29 is 9.22 Å². The van der Waals surface area contributed by atoms with Crippen molar-refractivity contribution in [2.45, 2.75) is 71.1 Å². The van der Waals surface area contributed by atoms with Gasteiger partial charge in [-0.25, -0.2) is 0 Å². The maximum absolute atomic E-state index is 12.9. The highest BCUT2D eigenvalue weighted by Crippen LogP contribution is 2.44. The Morgan fingerprint density at radius 3 is 2.21 bits per heavy atom. The first-order valence-corrected chi connectivity index (χ1v) is 15.3. The van der Waals surface area contributed by atoms with Gasteiger partial charge >= 0.3 is 0 Å². The fourth-order valence-corrected chi connectivity index (χ4v) is 5.25. The van der Waals surface area contributed by atoms with Gasteiger partial charge in [-0.2, -0.15) is 0 Å². The molecule has 0 aromatic heterocycles. The van der Waals surface area contributed by atoms with Crippen molar-refractivity contribution in [1.82, 2.24) is 0 Å². The maximum atomic E-state index is 12.9. The SMILES string of the molecule is CC(C)(C)[Si](C)(C)OC1CC(=O)/C(=C/[Si](C)(C)C)c2ccccc21. The molecule has 0 saturated carbocycles. The molecule has 0 fully saturated rings. The van der Waals surface area contributed by atoms with Crippen molar-refractivity contribution in [1.29, 1.82) is 0 Å². The monoisotopic (exact) mass is 360 g/mol. The van der Waals surface area contributed by atoms with Crippen LogP contribution in [-0.4, -0.2) is 22.2 Å². The van der Waals surface area contributed by atoms with Gasteiger partial charge in [-0.3, -0.25) is 4.79 Å². The molecule has 0 heterocycles. The van der Waals surface area contributed by atoms with Gasteiger partial charge < -0.3 is 4.43 Å². The first-order valence-electron chi connectivity index (χ1n) is 8.85. The number of allylic oxidation sites excluding steroid dienone is 1. The number of hydrogen-bond acceptors (Lipinski definition) is 2. The number of hydrogen-bond donors (Lipinski definition) is 0.